The van der Waals surface area contributed by atoms with Gasteiger partial charge in [-0.25, -0.2) is 4.39 Å². The Morgan fingerprint density at radius 1 is 1.38 bits per heavy atom. The second kappa shape index (κ2) is 7.59. The lowest BCUT2D eigenvalue weighted by molar-refractivity contribution is -0.139. The first-order valence-electron chi connectivity index (χ1n) is 8.46. The van der Waals surface area contributed by atoms with E-state index in [-0.39, 0.29) is 30.5 Å². The van der Waals surface area contributed by atoms with Gasteiger partial charge in [0.05, 0.1) is 6.10 Å². The molecule has 5 nitrogen and oxygen atoms in total. The van der Waals surface area contributed by atoms with Gasteiger partial charge < -0.3 is 14.4 Å². The molecular weight excluding hydrogens is 311 g/mol. The van der Waals surface area contributed by atoms with Crippen molar-refractivity contribution in [2.75, 3.05) is 33.9 Å². The molecule has 2 aliphatic heterocycles. The van der Waals surface area contributed by atoms with Crippen molar-refractivity contribution < 1.29 is 18.7 Å². The number of nitrogens with zero attached hydrogens (tertiary/aromatic N) is 2. The van der Waals surface area contributed by atoms with E-state index >= 15 is 0 Å². The number of likely N-dealkylation sites (N-methyl/N-ethyl adjacent to an activating group) is 1. The lowest BCUT2D eigenvalue weighted by Crippen LogP contribution is -2.42. The van der Waals surface area contributed by atoms with E-state index in [4.69, 9.17) is 9.47 Å². The van der Waals surface area contributed by atoms with E-state index in [1.54, 1.807) is 14.1 Å². The number of carbonyl (C=O) groups is 1. The number of fused-ring (bicyclic) bond motifs is 1. The average Bonchev–Trinajstić information content (AvgIpc) is 2.93. The zero-order chi connectivity index (χ0) is 17.1. The van der Waals surface area contributed by atoms with Crippen LogP contribution in [0.5, 0.6) is 0 Å². The zero-order valence-corrected chi connectivity index (χ0v) is 14.3. The van der Waals surface area contributed by atoms with Crippen LogP contribution in [-0.4, -0.2) is 67.8 Å². The molecular formula is C18H25FN2O3. The Kier molecular flexibility index (Phi) is 5.48. The fraction of sp³-hybridized carbons (Fsp3) is 0.611. The third-order valence-corrected chi connectivity index (χ3v) is 4.80. The maximum absolute atomic E-state index is 13.1. The molecule has 2 heterocycles. The predicted molar refractivity (Wildman–Crippen MR) is 88.0 cm³/mol. The SMILES string of the molecule is CN(C)C(=O)CO[C@H]1CN(Cc2ccc(F)cc2)[C@@H]2CCCO[C@H]12. The molecule has 132 valence electrons. The fourth-order valence-electron chi connectivity index (χ4n) is 3.46. The van der Waals surface area contributed by atoms with Gasteiger partial charge in [-0.2, -0.15) is 0 Å². The molecule has 0 saturated carbocycles. The Morgan fingerprint density at radius 2 is 2.12 bits per heavy atom. The molecule has 6 heteroatoms. The number of likely N-dealkylation sites (tertiary alicyclic amines) is 1. The number of ether oxygens (including phenoxy) is 2. The number of hydrogen-bond donors (Lipinski definition) is 0. The highest BCUT2D eigenvalue weighted by Crippen LogP contribution is 2.31. The van der Waals surface area contributed by atoms with Crippen molar-refractivity contribution in [3.8, 4) is 0 Å². The van der Waals surface area contributed by atoms with E-state index in [2.05, 4.69) is 4.90 Å². The third-order valence-electron chi connectivity index (χ3n) is 4.80. The minimum absolute atomic E-state index is 0.00848. The summed E-state index contributed by atoms with van der Waals surface area (Å²) in [5.41, 5.74) is 1.07. The number of benzene rings is 1. The first-order valence-corrected chi connectivity index (χ1v) is 8.46. The zero-order valence-electron chi connectivity index (χ0n) is 14.3. The molecule has 3 atom stereocenters. The molecule has 0 aliphatic carbocycles. The first-order chi connectivity index (χ1) is 11.5. The topological polar surface area (TPSA) is 42.0 Å². The van der Waals surface area contributed by atoms with Crippen LogP contribution in [0, 0.1) is 5.82 Å². The van der Waals surface area contributed by atoms with E-state index in [1.165, 1.54) is 17.0 Å². The van der Waals surface area contributed by atoms with Crippen molar-refractivity contribution in [2.45, 2.75) is 37.6 Å². The van der Waals surface area contributed by atoms with Gasteiger partial charge in [-0.1, -0.05) is 12.1 Å². The molecule has 0 unspecified atom stereocenters. The molecule has 3 rings (SSSR count). The monoisotopic (exact) mass is 336 g/mol. The maximum Gasteiger partial charge on any atom is 0.248 e. The minimum Gasteiger partial charge on any atom is -0.374 e. The van der Waals surface area contributed by atoms with Crippen LogP contribution in [0.3, 0.4) is 0 Å². The predicted octanol–water partition coefficient (Wildman–Crippen LogP) is 1.66. The van der Waals surface area contributed by atoms with Crippen molar-refractivity contribution in [2.24, 2.45) is 0 Å². The Bertz CT molecular complexity index is 564. The normalized spacial score (nSPS) is 27.0. The molecule has 1 aromatic carbocycles. The Labute approximate surface area is 142 Å². The molecule has 24 heavy (non-hydrogen) atoms. The molecule has 0 spiro atoms. The van der Waals surface area contributed by atoms with Crippen LogP contribution in [-0.2, 0) is 20.8 Å². The molecule has 1 amide bonds. The van der Waals surface area contributed by atoms with E-state index < -0.39 is 0 Å². The van der Waals surface area contributed by atoms with Gasteiger partial charge in [0.25, 0.3) is 0 Å². The molecule has 2 fully saturated rings. The standard InChI is InChI=1S/C18H25FN2O3/c1-20(2)17(22)12-24-16-11-21(15-4-3-9-23-18(15)16)10-13-5-7-14(19)8-6-13/h5-8,15-16,18H,3-4,9-12H2,1-2H3/t15-,16+,18+/m1/s1. The van der Waals surface area contributed by atoms with Crippen molar-refractivity contribution in [1.82, 2.24) is 9.80 Å². The van der Waals surface area contributed by atoms with E-state index in [0.29, 0.717) is 6.04 Å². The van der Waals surface area contributed by atoms with Crippen LogP contribution in [0.4, 0.5) is 4.39 Å². The van der Waals surface area contributed by atoms with Crippen molar-refractivity contribution in [1.29, 1.82) is 0 Å². The van der Waals surface area contributed by atoms with Gasteiger partial charge in [0, 0.05) is 39.8 Å². The third kappa shape index (κ3) is 3.94. The Morgan fingerprint density at radius 3 is 2.83 bits per heavy atom. The molecule has 2 aliphatic rings. The highest BCUT2D eigenvalue weighted by atomic mass is 19.1. The summed E-state index contributed by atoms with van der Waals surface area (Å²) in [7, 11) is 3.45. The second-order valence-corrected chi connectivity index (χ2v) is 6.74. The number of carbonyl (C=O) groups excluding carboxylic acids is 1. The highest BCUT2D eigenvalue weighted by Gasteiger charge is 2.44. The van der Waals surface area contributed by atoms with Crippen molar-refractivity contribution in [3.05, 3.63) is 35.6 Å². The van der Waals surface area contributed by atoms with Gasteiger partial charge >= 0.3 is 0 Å². The molecule has 2 saturated heterocycles. The lowest BCUT2D eigenvalue weighted by atomic mass is 10.0. The molecule has 0 N–H and O–H groups in total. The van der Waals surface area contributed by atoms with Crippen molar-refractivity contribution in [3.63, 3.8) is 0 Å². The summed E-state index contributed by atoms with van der Waals surface area (Å²) >= 11 is 0. The smallest absolute Gasteiger partial charge is 0.248 e. The number of hydrogen-bond acceptors (Lipinski definition) is 4. The fourth-order valence-corrected chi connectivity index (χ4v) is 3.46. The van der Waals surface area contributed by atoms with Gasteiger partial charge in [0.15, 0.2) is 0 Å². The van der Waals surface area contributed by atoms with Gasteiger partial charge in [-0.15, -0.1) is 0 Å². The van der Waals surface area contributed by atoms with E-state index in [9.17, 15) is 9.18 Å². The quantitative estimate of drug-likeness (QED) is 0.820. The van der Waals surface area contributed by atoms with Gasteiger partial charge in [-0.05, 0) is 30.5 Å². The molecule has 1 aromatic rings. The average molecular weight is 336 g/mol. The molecule has 0 radical (unpaired) electrons. The van der Waals surface area contributed by atoms with Gasteiger partial charge in [0.1, 0.15) is 18.5 Å². The van der Waals surface area contributed by atoms with Gasteiger partial charge in [0.2, 0.25) is 5.91 Å². The molecule has 0 aromatic heterocycles. The van der Waals surface area contributed by atoms with Crippen molar-refractivity contribution >= 4 is 5.91 Å². The summed E-state index contributed by atoms with van der Waals surface area (Å²) < 4.78 is 24.9. The maximum atomic E-state index is 13.1. The second-order valence-electron chi connectivity index (χ2n) is 6.74. The number of rotatable bonds is 5. The number of halogens is 1. The lowest BCUT2D eigenvalue weighted by Gasteiger charge is -2.32. The highest BCUT2D eigenvalue weighted by molar-refractivity contribution is 5.76. The van der Waals surface area contributed by atoms with Crippen LogP contribution in [0.15, 0.2) is 24.3 Å². The summed E-state index contributed by atoms with van der Waals surface area (Å²) in [6.07, 6.45) is 2.01. The number of amides is 1. The van der Waals surface area contributed by atoms with Crippen LogP contribution < -0.4 is 0 Å². The summed E-state index contributed by atoms with van der Waals surface area (Å²) in [5.74, 6) is -0.262. The largest absolute Gasteiger partial charge is 0.374 e. The molecule has 0 bridgehead atoms. The van der Waals surface area contributed by atoms with Gasteiger partial charge in [-0.3, -0.25) is 9.69 Å². The minimum atomic E-state index is -0.220. The van der Waals surface area contributed by atoms with Crippen LogP contribution in [0.2, 0.25) is 0 Å². The Hall–Kier alpha value is -1.50. The Balaban J connectivity index is 1.64. The first kappa shape index (κ1) is 17.3. The van der Waals surface area contributed by atoms with Crippen LogP contribution in [0.25, 0.3) is 0 Å². The van der Waals surface area contributed by atoms with Crippen LogP contribution in [0.1, 0.15) is 18.4 Å². The van der Waals surface area contributed by atoms with E-state index in [0.717, 1.165) is 38.1 Å². The van der Waals surface area contributed by atoms with Crippen LogP contribution >= 0.6 is 0 Å². The summed E-state index contributed by atoms with van der Waals surface area (Å²) in [6, 6.07) is 6.91. The summed E-state index contributed by atoms with van der Waals surface area (Å²) in [4.78, 5) is 15.6. The summed E-state index contributed by atoms with van der Waals surface area (Å²) in [6.45, 7) is 2.29. The summed E-state index contributed by atoms with van der Waals surface area (Å²) in [5, 5.41) is 0. The van der Waals surface area contributed by atoms with E-state index in [1.807, 2.05) is 12.1 Å².